The van der Waals surface area contributed by atoms with Crippen molar-refractivity contribution in [1.82, 2.24) is 20.6 Å². The van der Waals surface area contributed by atoms with Gasteiger partial charge in [-0.3, -0.25) is 10.3 Å². The van der Waals surface area contributed by atoms with Gasteiger partial charge in [-0.05, 0) is 18.1 Å². The predicted octanol–water partition coefficient (Wildman–Crippen LogP) is 1.73. The second-order valence-corrected chi connectivity index (χ2v) is 4.71. The topological polar surface area (TPSA) is 92.2 Å². The summed E-state index contributed by atoms with van der Waals surface area (Å²) >= 11 is 6.20. The van der Waals surface area contributed by atoms with Crippen LogP contribution in [0.15, 0.2) is 27.4 Å². The normalized spacial score (nSPS) is 11.0. The van der Waals surface area contributed by atoms with Gasteiger partial charge in [0.15, 0.2) is 0 Å². The molecular formula is C13H10ClN4O3-. The standard InChI is InChI=1S/C13H10ClN4O3/c1-2-7-3-13(19)21-10-5-11(9(14)4-8(7)10)20-6-12-15-17-18-16-12/h3-5H,2,6H2,1H3/q-1. The molecule has 8 heteroatoms. The van der Waals surface area contributed by atoms with E-state index in [1.165, 1.54) is 6.07 Å². The van der Waals surface area contributed by atoms with Crippen molar-refractivity contribution in [3.05, 3.63) is 45.0 Å². The number of hydrogen-bond donors (Lipinski definition) is 0. The second-order valence-electron chi connectivity index (χ2n) is 4.31. The average Bonchev–Trinajstić information content (AvgIpc) is 2.98. The number of aromatic nitrogens is 4. The molecule has 2 heterocycles. The number of ether oxygens (including phenoxy) is 1. The Balaban J connectivity index is 2.00. The van der Waals surface area contributed by atoms with Gasteiger partial charge in [0.05, 0.1) is 5.02 Å². The van der Waals surface area contributed by atoms with Crippen molar-refractivity contribution in [3.8, 4) is 5.75 Å². The van der Waals surface area contributed by atoms with E-state index in [9.17, 15) is 4.79 Å². The molecule has 3 aromatic rings. The maximum atomic E-state index is 11.5. The Hall–Kier alpha value is -2.41. The first-order chi connectivity index (χ1) is 10.2. The summed E-state index contributed by atoms with van der Waals surface area (Å²) in [6.45, 7) is 2.04. The molecule has 0 spiro atoms. The average molecular weight is 306 g/mol. The number of hydrogen-bond acceptors (Lipinski definition) is 6. The van der Waals surface area contributed by atoms with Crippen LogP contribution in [-0.2, 0) is 13.0 Å². The Morgan fingerprint density at radius 3 is 2.95 bits per heavy atom. The van der Waals surface area contributed by atoms with Crippen molar-refractivity contribution in [2.75, 3.05) is 0 Å². The molecule has 3 rings (SSSR count). The summed E-state index contributed by atoms with van der Waals surface area (Å²) < 4.78 is 10.7. The summed E-state index contributed by atoms with van der Waals surface area (Å²) in [5.74, 6) is 0.722. The van der Waals surface area contributed by atoms with Gasteiger partial charge in [0.1, 0.15) is 17.9 Å². The first kappa shape index (κ1) is 13.6. The second kappa shape index (κ2) is 5.53. The summed E-state index contributed by atoms with van der Waals surface area (Å²) in [6.07, 6.45) is 0.706. The van der Waals surface area contributed by atoms with E-state index in [4.69, 9.17) is 20.8 Å². The first-order valence-corrected chi connectivity index (χ1v) is 6.62. The van der Waals surface area contributed by atoms with Crippen LogP contribution in [0.25, 0.3) is 11.0 Å². The summed E-state index contributed by atoms with van der Waals surface area (Å²) in [6, 6.07) is 4.77. The molecule has 21 heavy (non-hydrogen) atoms. The lowest BCUT2D eigenvalue weighted by Gasteiger charge is -2.10. The van der Waals surface area contributed by atoms with Gasteiger partial charge in [0.2, 0.25) is 0 Å². The molecule has 0 fully saturated rings. The van der Waals surface area contributed by atoms with Crippen LogP contribution in [0.2, 0.25) is 5.02 Å². The highest BCUT2D eigenvalue weighted by Crippen LogP contribution is 2.31. The van der Waals surface area contributed by atoms with Crippen molar-refractivity contribution >= 4 is 22.6 Å². The van der Waals surface area contributed by atoms with Gasteiger partial charge in [-0.15, -0.1) is 0 Å². The molecular weight excluding hydrogens is 296 g/mol. The third-order valence-electron chi connectivity index (χ3n) is 2.98. The number of fused-ring (bicyclic) bond motifs is 1. The van der Waals surface area contributed by atoms with Gasteiger partial charge >= 0.3 is 5.63 Å². The molecule has 0 atom stereocenters. The van der Waals surface area contributed by atoms with Gasteiger partial charge in [0, 0.05) is 23.3 Å². The number of aryl methyl sites for hydroxylation is 1. The lowest BCUT2D eigenvalue weighted by atomic mass is 10.1. The number of tetrazole rings is 1. The highest BCUT2D eigenvalue weighted by molar-refractivity contribution is 6.32. The lowest BCUT2D eigenvalue weighted by molar-refractivity contribution is 0.295. The summed E-state index contributed by atoms with van der Waals surface area (Å²) in [5.41, 5.74) is 0.904. The highest BCUT2D eigenvalue weighted by atomic mass is 35.5. The van der Waals surface area contributed by atoms with E-state index >= 15 is 0 Å². The van der Waals surface area contributed by atoms with Gasteiger partial charge in [-0.2, -0.15) is 5.21 Å². The molecule has 0 amide bonds. The SMILES string of the molecule is CCc1cc(=O)oc2cc(OCc3nnn[n-]3)c(Cl)cc12. The van der Waals surface area contributed by atoms with Crippen molar-refractivity contribution in [2.45, 2.75) is 20.0 Å². The molecule has 7 nitrogen and oxygen atoms in total. The van der Waals surface area contributed by atoms with E-state index in [1.807, 2.05) is 6.92 Å². The van der Waals surface area contributed by atoms with Crippen LogP contribution in [0.3, 0.4) is 0 Å². The van der Waals surface area contributed by atoms with E-state index in [2.05, 4.69) is 20.6 Å². The summed E-state index contributed by atoms with van der Waals surface area (Å²) in [5, 5.41) is 15.2. The Labute approximate surface area is 123 Å². The van der Waals surface area contributed by atoms with Crippen LogP contribution in [-0.4, -0.2) is 15.5 Å². The van der Waals surface area contributed by atoms with Crippen LogP contribution >= 0.6 is 11.6 Å². The number of nitrogens with zero attached hydrogens (tertiary/aromatic N) is 4. The molecule has 2 aromatic heterocycles. The molecule has 0 N–H and O–H groups in total. The Morgan fingerprint density at radius 1 is 1.38 bits per heavy atom. The fourth-order valence-electron chi connectivity index (χ4n) is 1.99. The Morgan fingerprint density at radius 2 is 2.24 bits per heavy atom. The third kappa shape index (κ3) is 2.73. The van der Waals surface area contributed by atoms with Crippen molar-refractivity contribution in [1.29, 1.82) is 0 Å². The minimum absolute atomic E-state index is 0.0793. The molecule has 0 aliphatic rings. The summed E-state index contributed by atoms with van der Waals surface area (Å²) in [7, 11) is 0. The largest absolute Gasteiger partial charge is 0.487 e. The molecule has 108 valence electrons. The van der Waals surface area contributed by atoms with E-state index in [-0.39, 0.29) is 6.61 Å². The van der Waals surface area contributed by atoms with Crippen LogP contribution in [0, 0.1) is 0 Å². The third-order valence-corrected chi connectivity index (χ3v) is 3.28. The van der Waals surface area contributed by atoms with E-state index in [1.54, 1.807) is 12.1 Å². The quantitative estimate of drug-likeness (QED) is 0.678. The first-order valence-electron chi connectivity index (χ1n) is 6.24. The summed E-state index contributed by atoms with van der Waals surface area (Å²) in [4.78, 5) is 11.5. The molecule has 0 saturated carbocycles. The zero-order valence-electron chi connectivity index (χ0n) is 11.0. The number of rotatable bonds is 4. The highest BCUT2D eigenvalue weighted by Gasteiger charge is 2.10. The van der Waals surface area contributed by atoms with Gasteiger partial charge in [0.25, 0.3) is 0 Å². The van der Waals surface area contributed by atoms with Crippen molar-refractivity contribution < 1.29 is 9.15 Å². The number of benzene rings is 1. The zero-order valence-corrected chi connectivity index (χ0v) is 11.8. The molecule has 0 saturated heterocycles. The van der Waals surface area contributed by atoms with Gasteiger partial charge in [-0.1, -0.05) is 18.5 Å². The van der Waals surface area contributed by atoms with Crippen molar-refractivity contribution in [3.63, 3.8) is 0 Å². The van der Waals surface area contributed by atoms with E-state index < -0.39 is 5.63 Å². The monoisotopic (exact) mass is 305 g/mol. The molecule has 0 aliphatic carbocycles. The molecule has 1 aromatic carbocycles. The van der Waals surface area contributed by atoms with Crippen LogP contribution in [0.4, 0.5) is 0 Å². The molecule has 0 bridgehead atoms. The maximum absolute atomic E-state index is 11.5. The zero-order chi connectivity index (χ0) is 14.8. The Bertz CT molecular complexity index is 829. The Kier molecular flexibility index (Phi) is 3.57. The fraction of sp³-hybridized carbons (Fsp3) is 0.231. The predicted molar refractivity (Wildman–Crippen MR) is 74.4 cm³/mol. The maximum Gasteiger partial charge on any atom is 0.336 e. The van der Waals surface area contributed by atoms with E-state index in [0.29, 0.717) is 28.6 Å². The van der Waals surface area contributed by atoms with Crippen LogP contribution in [0.5, 0.6) is 5.75 Å². The van der Waals surface area contributed by atoms with Crippen molar-refractivity contribution in [2.24, 2.45) is 0 Å². The fourth-order valence-corrected chi connectivity index (χ4v) is 2.21. The lowest BCUT2D eigenvalue weighted by Crippen LogP contribution is -2.02. The van der Waals surface area contributed by atoms with Crippen LogP contribution < -0.4 is 15.5 Å². The minimum Gasteiger partial charge on any atom is -0.487 e. The molecule has 0 aliphatic heterocycles. The van der Waals surface area contributed by atoms with E-state index in [0.717, 1.165) is 10.9 Å². The molecule has 0 radical (unpaired) electrons. The number of halogens is 1. The van der Waals surface area contributed by atoms with Crippen LogP contribution in [0.1, 0.15) is 18.3 Å². The van der Waals surface area contributed by atoms with Gasteiger partial charge in [-0.25, -0.2) is 4.79 Å². The molecule has 0 unspecified atom stereocenters. The minimum atomic E-state index is -0.402. The smallest absolute Gasteiger partial charge is 0.336 e. The van der Waals surface area contributed by atoms with Gasteiger partial charge < -0.3 is 14.3 Å².